The molecule has 1 fully saturated rings. The number of hydrogen-bond donors (Lipinski definition) is 1. The number of nitriles is 1. The highest BCUT2D eigenvalue weighted by Gasteiger charge is 2.25. The monoisotopic (exact) mass is 267 g/mol. The summed E-state index contributed by atoms with van der Waals surface area (Å²) < 4.78 is 5.73. The van der Waals surface area contributed by atoms with Crippen molar-refractivity contribution in [2.75, 3.05) is 26.2 Å². The van der Waals surface area contributed by atoms with Crippen LogP contribution >= 0.6 is 0 Å². The Kier molecular flexibility index (Phi) is 6.78. The molecule has 0 aliphatic carbocycles. The molecule has 0 spiro atoms. The third-order valence-electron chi connectivity index (χ3n) is 3.66. The Morgan fingerprint density at radius 3 is 2.53 bits per heavy atom. The fourth-order valence-corrected chi connectivity index (χ4v) is 2.71. The van der Waals surface area contributed by atoms with Crippen LogP contribution in [0.4, 0.5) is 0 Å². The van der Waals surface area contributed by atoms with E-state index in [1.54, 1.807) is 0 Å². The summed E-state index contributed by atoms with van der Waals surface area (Å²) in [6.07, 6.45) is 3.67. The Labute approximate surface area is 118 Å². The van der Waals surface area contributed by atoms with E-state index in [9.17, 15) is 5.26 Å². The molecule has 0 aromatic heterocycles. The average molecular weight is 267 g/mol. The zero-order valence-corrected chi connectivity index (χ0v) is 12.9. The van der Waals surface area contributed by atoms with Gasteiger partial charge in [-0.3, -0.25) is 10.2 Å². The Hall–Kier alpha value is -0.630. The van der Waals surface area contributed by atoms with Crippen molar-refractivity contribution < 1.29 is 4.74 Å². The van der Waals surface area contributed by atoms with E-state index in [1.807, 2.05) is 6.92 Å². The second-order valence-electron chi connectivity index (χ2n) is 5.99. The predicted octanol–water partition coefficient (Wildman–Crippen LogP) is 2.16. The third-order valence-corrected chi connectivity index (χ3v) is 3.66. The van der Waals surface area contributed by atoms with E-state index in [1.165, 1.54) is 0 Å². The van der Waals surface area contributed by atoms with Crippen molar-refractivity contribution in [1.82, 2.24) is 10.2 Å². The normalized spacial score (nSPS) is 27.7. The number of ether oxygens (including phenoxy) is 1. The van der Waals surface area contributed by atoms with Crippen LogP contribution in [-0.2, 0) is 4.74 Å². The van der Waals surface area contributed by atoms with Gasteiger partial charge < -0.3 is 4.74 Å². The molecule has 0 radical (unpaired) electrons. The van der Waals surface area contributed by atoms with Crippen LogP contribution in [0.2, 0.25) is 0 Å². The maximum absolute atomic E-state index is 9.29. The van der Waals surface area contributed by atoms with E-state index in [-0.39, 0.29) is 5.54 Å². The molecule has 1 aliphatic heterocycles. The first-order valence-corrected chi connectivity index (χ1v) is 7.53. The maximum atomic E-state index is 9.29. The Bertz CT molecular complexity index is 292. The lowest BCUT2D eigenvalue weighted by Gasteiger charge is -2.35. The largest absolute Gasteiger partial charge is 0.373 e. The summed E-state index contributed by atoms with van der Waals surface area (Å²) in [6, 6.07) is 2.41. The van der Waals surface area contributed by atoms with Crippen LogP contribution in [0.5, 0.6) is 0 Å². The van der Waals surface area contributed by atoms with E-state index in [0.717, 1.165) is 45.4 Å². The highest BCUT2D eigenvalue weighted by atomic mass is 16.5. The summed E-state index contributed by atoms with van der Waals surface area (Å²) in [5, 5.41) is 12.6. The van der Waals surface area contributed by atoms with Crippen molar-refractivity contribution in [2.24, 2.45) is 0 Å². The van der Waals surface area contributed by atoms with Gasteiger partial charge in [0.25, 0.3) is 0 Å². The fourth-order valence-electron chi connectivity index (χ4n) is 2.71. The van der Waals surface area contributed by atoms with Gasteiger partial charge >= 0.3 is 0 Å². The molecule has 110 valence electrons. The van der Waals surface area contributed by atoms with Crippen molar-refractivity contribution in [2.45, 2.75) is 64.7 Å². The second-order valence-corrected chi connectivity index (χ2v) is 5.99. The quantitative estimate of drug-likeness (QED) is 0.768. The molecule has 0 saturated carbocycles. The van der Waals surface area contributed by atoms with Crippen LogP contribution in [0.25, 0.3) is 0 Å². The Morgan fingerprint density at radius 2 is 2.00 bits per heavy atom. The third kappa shape index (κ3) is 5.90. The SMILES string of the molecule is CCCNC(C)(C#N)CCCN1CC(C)OC(C)C1. The van der Waals surface area contributed by atoms with Gasteiger partial charge in [-0.25, -0.2) is 0 Å². The minimum atomic E-state index is -0.375. The van der Waals surface area contributed by atoms with Gasteiger partial charge in [0.05, 0.1) is 18.3 Å². The molecule has 3 unspecified atom stereocenters. The molecule has 0 aromatic rings. The zero-order valence-electron chi connectivity index (χ0n) is 12.9. The summed E-state index contributed by atoms with van der Waals surface area (Å²) in [5.74, 6) is 0. The van der Waals surface area contributed by atoms with Crippen molar-refractivity contribution in [3.8, 4) is 6.07 Å². The first-order chi connectivity index (χ1) is 8.99. The lowest BCUT2D eigenvalue weighted by Crippen LogP contribution is -2.46. The Morgan fingerprint density at radius 1 is 1.37 bits per heavy atom. The van der Waals surface area contributed by atoms with Crippen molar-refractivity contribution in [1.29, 1.82) is 5.26 Å². The first kappa shape index (κ1) is 16.4. The fraction of sp³-hybridized carbons (Fsp3) is 0.933. The number of nitrogens with zero attached hydrogens (tertiary/aromatic N) is 2. The molecule has 1 aliphatic rings. The molecular formula is C15H29N3O. The molecule has 1 heterocycles. The molecule has 0 bridgehead atoms. The van der Waals surface area contributed by atoms with Gasteiger partial charge in [0.2, 0.25) is 0 Å². The molecule has 4 heteroatoms. The number of hydrogen-bond acceptors (Lipinski definition) is 4. The second kappa shape index (κ2) is 7.84. The van der Waals surface area contributed by atoms with E-state index >= 15 is 0 Å². The first-order valence-electron chi connectivity index (χ1n) is 7.53. The van der Waals surface area contributed by atoms with Crippen molar-refractivity contribution >= 4 is 0 Å². The van der Waals surface area contributed by atoms with Crippen molar-refractivity contribution in [3.63, 3.8) is 0 Å². The minimum absolute atomic E-state index is 0.323. The van der Waals surface area contributed by atoms with Crippen LogP contribution in [0, 0.1) is 11.3 Å². The minimum Gasteiger partial charge on any atom is -0.373 e. The van der Waals surface area contributed by atoms with Crippen LogP contribution < -0.4 is 5.32 Å². The summed E-state index contributed by atoms with van der Waals surface area (Å²) in [4.78, 5) is 2.45. The van der Waals surface area contributed by atoms with Gasteiger partial charge in [-0.15, -0.1) is 0 Å². The lowest BCUT2D eigenvalue weighted by atomic mass is 9.97. The lowest BCUT2D eigenvalue weighted by molar-refractivity contribution is -0.0683. The van der Waals surface area contributed by atoms with Gasteiger partial charge in [0.1, 0.15) is 5.54 Å². The maximum Gasteiger partial charge on any atom is 0.103 e. The topological polar surface area (TPSA) is 48.3 Å². The van der Waals surface area contributed by atoms with Crippen LogP contribution in [-0.4, -0.2) is 48.8 Å². The molecule has 1 N–H and O–H groups in total. The van der Waals surface area contributed by atoms with Crippen LogP contribution in [0.1, 0.15) is 47.0 Å². The predicted molar refractivity (Wildman–Crippen MR) is 78.0 cm³/mol. The van der Waals surface area contributed by atoms with Gasteiger partial charge in [-0.2, -0.15) is 5.26 Å². The van der Waals surface area contributed by atoms with Gasteiger partial charge in [-0.05, 0) is 53.1 Å². The molecule has 3 atom stereocenters. The molecule has 4 nitrogen and oxygen atoms in total. The molecule has 1 rings (SSSR count). The van der Waals surface area contributed by atoms with E-state index in [4.69, 9.17) is 4.74 Å². The highest BCUT2D eigenvalue weighted by Crippen LogP contribution is 2.15. The number of morpholine rings is 1. The average Bonchev–Trinajstić information content (AvgIpc) is 2.35. The molecule has 1 saturated heterocycles. The Balaban J connectivity index is 2.30. The van der Waals surface area contributed by atoms with Gasteiger partial charge in [-0.1, -0.05) is 6.92 Å². The standard InChI is InChI=1S/C15H29N3O/c1-5-8-17-15(4,12-16)7-6-9-18-10-13(2)19-14(3)11-18/h13-14,17H,5-11H2,1-4H3. The number of nitrogens with one attached hydrogen (secondary N) is 1. The summed E-state index contributed by atoms with van der Waals surface area (Å²) in [7, 11) is 0. The van der Waals surface area contributed by atoms with Crippen molar-refractivity contribution in [3.05, 3.63) is 0 Å². The number of rotatable bonds is 7. The highest BCUT2D eigenvalue weighted by molar-refractivity contribution is 5.03. The van der Waals surface area contributed by atoms with E-state index < -0.39 is 0 Å². The summed E-state index contributed by atoms with van der Waals surface area (Å²) >= 11 is 0. The van der Waals surface area contributed by atoms with Gasteiger partial charge in [0.15, 0.2) is 0 Å². The zero-order chi connectivity index (χ0) is 14.3. The molecular weight excluding hydrogens is 238 g/mol. The summed E-state index contributed by atoms with van der Waals surface area (Å²) in [6.45, 7) is 12.4. The van der Waals surface area contributed by atoms with E-state index in [0.29, 0.717) is 12.2 Å². The van der Waals surface area contributed by atoms with Crippen LogP contribution in [0.3, 0.4) is 0 Å². The molecule has 0 aromatic carbocycles. The summed E-state index contributed by atoms with van der Waals surface area (Å²) in [5.41, 5.74) is -0.375. The smallest absolute Gasteiger partial charge is 0.103 e. The van der Waals surface area contributed by atoms with Gasteiger partial charge in [0, 0.05) is 13.1 Å². The molecule has 19 heavy (non-hydrogen) atoms. The van der Waals surface area contributed by atoms with E-state index in [2.05, 4.69) is 37.1 Å². The molecule has 0 amide bonds. The van der Waals surface area contributed by atoms with Crippen LogP contribution in [0.15, 0.2) is 0 Å².